The number of hydrogen-bond donors (Lipinski definition) is 0. The first-order chi connectivity index (χ1) is 6.76. The summed E-state index contributed by atoms with van der Waals surface area (Å²) in [4.78, 5) is 8.48. The maximum absolute atomic E-state index is 5.32. The van der Waals surface area contributed by atoms with Crippen molar-refractivity contribution in [2.24, 2.45) is 0 Å². The van der Waals surface area contributed by atoms with Crippen LogP contribution in [0, 0.1) is 0 Å². The van der Waals surface area contributed by atoms with Gasteiger partial charge >= 0.3 is 0 Å². The van der Waals surface area contributed by atoms with E-state index in [-0.39, 0.29) is 0 Å². The summed E-state index contributed by atoms with van der Waals surface area (Å²) in [5.74, 6) is 1.40. The Kier molecular flexibility index (Phi) is 4.59. The molecule has 0 N–H and O–H groups in total. The highest BCUT2D eigenvalue weighted by atomic mass is 79.9. The fraction of sp³-hybridized carbons (Fsp3) is 0.400. The van der Waals surface area contributed by atoms with Gasteiger partial charge in [-0.25, -0.2) is 4.98 Å². The van der Waals surface area contributed by atoms with Crippen molar-refractivity contribution in [3.05, 3.63) is 29.1 Å². The van der Waals surface area contributed by atoms with Crippen LogP contribution in [0.25, 0.3) is 0 Å². The zero-order valence-corrected chi connectivity index (χ0v) is 9.75. The summed E-state index contributed by atoms with van der Waals surface area (Å²) >= 11 is 3.32. The molecule has 0 aliphatic rings. The SMILES string of the molecule is C=CCOc1cc(Br)nc(CCC)n1. The van der Waals surface area contributed by atoms with E-state index in [2.05, 4.69) is 39.4 Å². The van der Waals surface area contributed by atoms with Crippen LogP contribution in [0.1, 0.15) is 19.2 Å². The molecule has 0 aliphatic carbocycles. The van der Waals surface area contributed by atoms with Gasteiger partial charge in [-0.15, -0.1) is 0 Å². The summed E-state index contributed by atoms with van der Waals surface area (Å²) in [5.41, 5.74) is 0. The van der Waals surface area contributed by atoms with Gasteiger partial charge in [0.25, 0.3) is 0 Å². The first-order valence-corrected chi connectivity index (χ1v) is 5.32. The maximum atomic E-state index is 5.32. The molecule has 0 saturated carbocycles. The quantitative estimate of drug-likeness (QED) is 0.601. The zero-order valence-electron chi connectivity index (χ0n) is 8.16. The van der Waals surface area contributed by atoms with Gasteiger partial charge in [-0.3, -0.25) is 0 Å². The Morgan fingerprint density at radius 2 is 2.36 bits per heavy atom. The normalized spacial score (nSPS) is 9.86. The Morgan fingerprint density at radius 1 is 1.57 bits per heavy atom. The van der Waals surface area contributed by atoms with Crippen LogP contribution in [0.15, 0.2) is 23.3 Å². The second-order valence-corrected chi connectivity index (χ2v) is 3.61. The summed E-state index contributed by atoms with van der Waals surface area (Å²) in [6, 6.07) is 1.75. The topological polar surface area (TPSA) is 35.0 Å². The van der Waals surface area contributed by atoms with Crippen molar-refractivity contribution in [3.63, 3.8) is 0 Å². The number of aryl methyl sites for hydroxylation is 1. The van der Waals surface area contributed by atoms with E-state index in [0.717, 1.165) is 23.3 Å². The van der Waals surface area contributed by atoms with Gasteiger partial charge in [0.15, 0.2) is 0 Å². The number of rotatable bonds is 5. The molecule has 1 aromatic heterocycles. The maximum Gasteiger partial charge on any atom is 0.218 e. The molecular weight excluding hydrogens is 244 g/mol. The molecule has 0 spiro atoms. The van der Waals surface area contributed by atoms with Crippen molar-refractivity contribution < 1.29 is 4.74 Å². The summed E-state index contributed by atoms with van der Waals surface area (Å²) in [7, 11) is 0. The van der Waals surface area contributed by atoms with E-state index >= 15 is 0 Å². The van der Waals surface area contributed by atoms with Gasteiger partial charge in [-0.1, -0.05) is 19.6 Å². The van der Waals surface area contributed by atoms with Crippen molar-refractivity contribution in [2.75, 3.05) is 6.61 Å². The summed E-state index contributed by atoms with van der Waals surface area (Å²) < 4.78 is 6.08. The molecule has 0 aliphatic heterocycles. The minimum atomic E-state index is 0.467. The second-order valence-electron chi connectivity index (χ2n) is 2.79. The highest BCUT2D eigenvalue weighted by Crippen LogP contribution is 2.15. The molecule has 0 amide bonds. The third kappa shape index (κ3) is 3.46. The van der Waals surface area contributed by atoms with Gasteiger partial charge in [-0.05, 0) is 22.4 Å². The summed E-state index contributed by atoms with van der Waals surface area (Å²) in [6.07, 6.45) is 3.58. The van der Waals surface area contributed by atoms with Gasteiger partial charge in [-0.2, -0.15) is 4.98 Å². The number of halogens is 1. The molecule has 14 heavy (non-hydrogen) atoms. The Bertz CT molecular complexity index is 315. The molecule has 1 heterocycles. The van der Waals surface area contributed by atoms with Gasteiger partial charge < -0.3 is 4.74 Å². The molecule has 3 nitrogen and oxygen atoms in total. The third-order valence-corrected chi connectivity index (χ3v) is 1.95. The Hall–Kier alpha value is -0.900. The number of aromatic nitrogens is 2. The third-order valence-electron chi connectivity index (χ3n) is 1.54. The van der Waals surface area contributed by atoms with Gasteiger partial charge in [0.05, 0.1) is 0 Å². The highest BCUT2D eigenvalue weighted by molar-refractivity contribution is 9.10. The lowest BCUT2D eigenvalue weighted by Gasteiger charge is -2.04. The largest absolute Gasteiger partial charge is 0.473 e. The Morgan fingerprint density at radius 3 is 3.00 bits per heavy atom. The molecule has 4 heteroatoms. The van der Waals surface area contributed by atoms with E-state index < -0.39 is 0 Å². The van der Waals surface area contributed by atoms with Crippen molar-refractivity contribution in [1.82, 2.24) is 9.97 Å². The van der Waals surface area contributed by atoms with E-state index in [4.69, 9.17) is 4.74 Å². The minimum Gasteiger partial charge on any atom is -0.473 e. The van der Waals surface area contributed by atoms with Gasteiger partial charge in [0.1, 0.15) is 17.0 Å². The van der Waals surface area contributed by atoms with E-state index in [1.807, 2.05) is 0 Å². The van der Waals surface area contributed by atoms with Crippen LogP contribution in [0.5, 0.6) is 5.88 Å². The van der Waals surface area contributed by atoms with Gasteiger partial charge in [0.2, 0.25) is 5.88 Å². The number of hydrogen-bond acceptors (Lipinski definition) is 3. The fourth-order valence-corrected chi connectivity index (χ4v) is 1.40. The van der Waals surface area contributed by atoms with Crippen molar-refractivity contribution in [1.29, 1.82) is 0 Å². The molecular formula is C10H13BrN2O. The average molecular weight is 257 g/mol. The summed E-state index contributed by atoms with van der Waals surface area (Å²) in [5, 5.41) is 0. The standard InChI is InChI=1S/C10H13BrN2O/c1-3-5-9-12-8(11)7-10(13-9)14-6-4-2/h4,7H,2-3,5-6H2,1H3. The van der Waals surface area contributed by atoms with E-state index in [0.29, 0.717) is 12.5 Å². The lowest BCUT2D eigenvalue weighted by atomic mass is 10.3. The molecule has 0 atom stereocenters. The molecule has 0 aromatic carbocycles. The van der Waals surface area contributed by atoms with Crippen LogP contribution in [0.3, 0.4) is 0 Å². The van der Waals surface area contributed by atoms with Crippen molar-refractivity contribution >= 4 is 15.9 Å². The van der Waals surface area contributed by atoms with E-state index in [9.17, 15) is 0 Å². The minimum absolute atomic E-state index is 0.467. The monoisotopic (exact) mass is 256 g/mol. The van der Waals surface area contributed by atoms with Crippen LogP contribution in [-0.4, -0.2) is 16.6 Å². The lowest BCUT2D eigenvalue weighted by Crippen LogP contribution is -2.01. The van der Waals surface area contributed by atoms with Crippen LogP contribution < -0.4 is 4.74 Å². The molecule has 1 rings (SSSR count). The molecule has 0 fully saturated rings. The van der Waals surface area contributed by atoms with Crippen LogP contribution in [-0.2, 0) is 6.42 Å². The molecule has 0 saturated heterocycles. The first kappa shape index (κ1) is 11.2. The van der Waals surface area contributed by atoms with Crippen molar-refractivity contribution in [3.8, 4) is 5.88 Å². The average Bonchev–Trinajstić information content (AvgIpc) is 2.14. The molecule has 0 unspecified atom stereocenters. The van der Waals surface area contributed by atoms with E-state index in [1.54, 1.807) is 12.1 Å². The predicted molar refractivity (Wildman–Crippen MR) is 59.4 cm³/mol. The fourth-order valence-electron chi connectivity index (χ4n) is 0.996. The number of nitrogens with zero attached hydrogens (tertiary/aromatic N) is 2. The van der Waals surface area contributed by atoms with Crippen LogP contribution in [0.4, 0.5) is 0 Å². The van der Waals surface area contributed by atoms with Crippen LogP contribution in [0.2, 0.25) is 0 Å². The van der Waals surface area contributed by atoms with Crippen LogP contribution >= 0.6 is 15.9 Å². The Labute approximate surface area is 92.4 Å². The highest BCUT2D eigenvalue weighted by Gasteiger charge is 2.02. The zero-order chi connectivity index (χ0) is 10.4. The first-order valence-electron chi connectivity index (χ1n) is 4.53. The summed E-state index contributed by atoms with van der Waals surface area (Å²) in [6.45, 7) is 6.14. The van der Waals surface area contributed by atoms with Gasteiger partial charge in [0, 0.05) is 12.5 Å². The molecule has 1 aromatic rings. The number of ether oxygens (including phenoxy) is 1. The lowest BCUT2D eigenvalue weighted by molar-refractivity contribution is 0.346. The second kappa shape index (κ2) is 5.75. The predicted octanol–water partition coefficient (Wildman–Crippen LogP) is 2.76. The molecule has 0 bridgehead atoms. The van der Waals surface area contributed by atoms with Crippen molar-refractivity contribution in [2.45, 2.75) is 19.8 Å². The molecule has 0 radical (unpaired) electrons. The Balaban J connectivity index is 2.77. The smallest absolute Gasteiger partial charge is 0.218 e. The van der Waals surface area contributed by atoms with E-state index in [1.165, 1.54) is 0 Å². The molecule has 76 valence electrons.